The molecule has 0 saturated heterocycles. The van der Waals surface area contributed by atoms with Crippen LogP contribution < -0.4 is 16.4 Å². The monoisotopic (exact) mass is 349 g/mol. The van der Waals surface area contributed by atoms with Crippen LogP contribution in [-0.4, -0.2) is 38.2 Å². The first-order chi connectivity index (χ1) is 12.7. The average molecular weight is 349 g/mol. The number of aliphatic hydroxyl groups is 1. The van der Waals surface area contributed by atoms with Crippen molar-refractivity contribution in [2.75, 3.05) is 29.5 Å². The van der Waals surface area contributed by atoms with Gasteiger partial charge in [0, 0.05) is 29.5 Å². The Morgan fingerprint density at radius 3 is 2.92 bits per heavy atom. The first kappa shape index (κ1) is 16.1. The van der Waals surface area contributed by atoms with E-state index in [9.17, 15) is 0 Å². The minimum absolute atomic E-state index is 0.0750. The Hall–Kier alpha value is -3.39. The highest BCUT2D eigenvalue weighted by atomic mass is 16.3. The third-order valence-corrected chi connectivity index (χ3v) is 4.24. The van der Waals surface area contributed by atoms with E-state index in [1.165, 1.54) is 0 Å². The van der Waals surface area contributed by atoms with E-state index in [2.05, 4.69) is 30.6 Å². The standard InChI is InChI=1S/C18H19N7O/c1-10-14(20-4-5-26)3-2-11-8-21-18(25-16(10)11)24-12-6-13(19)17-15(7-12)22-9-23-17/h2-3,6-9,20,26H,4-5,19H2,1H3,(H,22,23)(H,21,24,25). The third kappa shape index (κ3) is 2.86. The normalized spacial score (nSPS) is 11.2. The molecule has 0 aliphatic carbocycles. The predicted molar refractivity (Wildman–Crippen MR) is 104 cm³/mol. The van der Waals surface area contributed by atoms with Gasteiger partial charge >= 0.3 is 0 Å². The summed E-state index contributed by atoms with van der Waals surface area (Å²) >= 11 is 0. The molecule has 8 nitrogen and oxygen atoms in total. The molecule has 4 aromatic rings. The number of aliphatic hydroxyl groups excluding tert-OH is 1. The molecule has 0 atom stereocenters. The van der Waals surface area contributed by atoms with Crippen molar-refractivity contribution in [3.63, 3.8) is 0 Å². The van der Waals surface area contributed by atoms with Crippen molar-refractivity contribution in [3.05, 3.63) is 42.4 Å². The quantitative estimate of drug-likeness (QED) is 0.351. The number of nitrogens with one attached hydrogen (secondary N) is 3. The molecular formula is C18H19N7O. The van der Waals surface area contributed by atoms with Crippen molar-refractivity contribution in [2.24, 2.45) is 0 Å². The molecule has 4 rings (SSSR count). The molecule has 6 N–H and O–H groups in total. The molecule has 0 saturated carbocycles. The van der Waals surface area contributed by atoms with Crippen molar-refractivity contribution in [2.45, 2.75) is 6.92 Å². The Morgan fingerprint density at radius 1 is 1.19 bits per heavy atom. The summed E-state index contributed by atoms with van der Waals surface area (Å²) in [5.41, 5.74) is 11.8. The highest BCUT2D eigenvalue weighted by molar-refractivity contribution is 5.91. The molecule has 0 spiro atoms. The molecule has 0 unspecified atom stereocenters. The van der Waals surface area contributed by atoms with Gasteiger partial charge in [-0.05, 0) is 36.8 Å². The molecule has 0 aliphatic rings. The van der Waals surface area contributed by atoms with Gasteiger partial charge in [-0.1, -0.05) is 0 Å². The van der Waals surface area contributed by atoms with Crippen LogP contribution >= 0.6 is 0 Å². The lowest BCUT2D eigenvalue weighted by atomic mass is 10.1. The number of rotatable bonds is 5. The van der Waals surface area contributed by atoms with Crippen molar-refractivity contribution >= 4 is 44.9 Å². The fourth-order valence-electron chi connectivity index (χ4n) is 2.96. The molecule has 2 aromatic heterocycles. The number of anilines is 4. The summed E-state index contributed by atoms with van der Waals surface area (Å²) in [4.78, 5) is 16.3. The number of hydrogen-bond acceptors (Lipinski definition) is 7. The number of nitrogen functional groups attached to an aromatic ring is 1. The second kappa shape index (κ2) is 6.49. The Morgan fingerprint density at radius 2 is 2.08 bits per heavy atom. The van der Waals surface area contributed by atoms with Gasteiger partial charge in [0.1, 0.15) is 5.52 Å². The number of nitrogens with zero attached hydrogens (tertiary/aromatic N) is 3. The molecule has 0 amide bonds. The zero-order chi connectivity index (χ0) is 18.1. The molecule has 2 heterocycles. The topological polar surface area (TPSA) is 125 Å². The lowest BCUT2D eigenvalue weighted by Crippen LogP contribution is -2.07. The number of nitrogens with two attached hydrogens (primary N) is 1. The summed E-state index contributed by atoms with van der Waals surface area (Å²) in [5.74, 6) is 0.484. The Labute approximate surface area is 149 Å². The van der Waals surface area contributed by atoms with E-state index in [0.29, 0.717) is 18.2 Å². The second-order valence-electron chi connectivity index (χ2n) is 6.01. The summed E-state index contributed by atoms with van der Waals surface area (Å²) < 4.78 is 0. The van der Waals surface area contributed by atoms with Gasteiger partial charge < -0.3 is 26.5 Å². The summed E-state index contributed by atoms with van der Waals surface area (Å²) in [6, 6.07) is 7.65. The summed E-state index contributed by atoms with van der Waals surface area (Å²) in [7, 11) is 0. The van der Waals surface area contributed by atoms with Crippen LogP contribution in [0.3, 0.4) is 0 Å². The maximum atomic E-state index is 9.01. The summed E-state index contributed by atoms with van der Waals surface area (Å²) in [6.07, 6.45) is 3.40. The van der Waals surface area contributed by atoms with Crippen LogP contribution in [0.5, 0.6) is 0 Å². The minimum atomic E-state index is 0.0750. The number of H-pyrrole nitrogens is 1. The molecule has 0 fully saturated rings. The van der Waals surface area contributed by atoms with Crippen LogP contribution in [-0.2, 0) is 0 Å². The fraction of sp³-hybridized carbons (Fsp3) is 0.167. The molecule has 0 bridgehead atoms. The second-order valence-corrected chi connectivity index (χ2v) is 6.01. The summed E-state index contributed by atoms with van der Waals surface area (Å²) in [5, 5.41) is 16.3. The molecule has 2 aromatic carbocycles. The van der Waals surface area contributed by atoms with Crippen LogP contribution in [0.15, 0.2) is 36.8 Å². The van der Waals surface area contributed by atoms with E-state index in [-0.39, 0.29) is 6.61 Å². The lowest BCUT2D eigenvalue weighted by Gasteiger charge is -2.12. The zero-order valence-electron chi connectivity index (χ0n) is 14.2. The Kier molecular flexibility index (Phi) is 4.02. The van der Waals surface area contributed by atoms with Crippen molar-refractivity contribution in [1.29, 1.82) is 0 Å². The maximum absolute atomic E-state index is 9.01. The lowest BCUT2D eigenvalue weighted by molar-refractivity contribution is 0.311. The number of aromatic nitrogens is 4. The SMILES string of the molecule is Cc1c(NCCO)ccc2cnc(Nc3cc(N)c4nc[nH]c4c3)nc12. The van der Waals surface area contributed by atoms with Crippen LogP contribution in [0.4, 0.5) is 23.0 Å². The molecule has 26 heavy (non-hydrogen) atoms. The molecule has 8 heteroatoms. The third-order valence-electron chi connectivity index (χ3n) is 4.24. The number of aromatic amines is 1. The number of aryl methyl sites for hydroxylation is 1. The summed E-state index contributed by atoms with van der Waals surface area (Å²) in [6.45, 7) is 2.56. The van der Waals surface area contributed by atoms with Gasteiger partial charge in [0.2, 0.25) is 5.95 Å². The van der Waals surface area contributed by atoms with Crippen molar-refractivity contribution in [1.82, 2.24) is 19.9 Å². The molecule has 132 valence electrons. The number of benzene rings is 2. The van der Waals surface area contributed by atoms with Gasteiger partial charge in [0.05, 0.1) is 29.7 Å². The predicted octanol–water partition coefficient (Wildman–Crippen LogP) is 2.54. The first-order valence-electron chi connectivity index (χ1n) is 8.26. The van der Waals surface area contributed by atoms with E-state index >= 15 is 0 Å². The number of hydrogen-bond donors (Lipinski definition) is 5. The molecule has 0 radical (unpaired) electrons. The first-order valence-corrected chi connectivity index (χ1v) is 8.26. The highest BCUT2D eigenvalue weighted by Gasteiger charge is 2.09. The van der Waals surface area contributed by atoms with Crippen molar-refractivity contribution < 1.29 is 5.11 Å². The van der Waals surface area contributed by atoms with Gasteiger partial charge in [0.25, 0.3) is 0 Å². The zero-order valence-corrected chi connectivity index (χ0v) is 14.2. The van der Waals surface area contributed by atoms with E-state index in [1.807, 2.05) is 31.2 Å². The van der Waals surface area contributed by atoms with Crippen LogP contribution in [0.25, 0.3) is 21.9 Å². The van der Waals surface area contributed by atoms with E-state index in [0.717, 1.165) is 38.9 Å². The van der Waals surface area contributed by atoms with Gasteiger partial charge in [-0.15, -0.1) is 0 Å². The average Bonchev–Trinajstić information content (AvgIpc) is 3.11. The van der Waals surface area contributed by atoms with Crippen molar-refractivity contribution in [3.8, 4) is 0 Å². The largest absolute Gasteiger partial charge is 0.397 e. The number of fused-ring (bicyclic) bond motifs is 2. The highest BCUT2D eigenvalue weighted by Crippen LogP contribution is 2.27. The van der Waals surface area contributed by atoms with E-state index in [4.69, 9.17) is 10.8 Å². The van der Waals surface area contributed by atoms with E-state index in [1.54, 1.807) is 12.5 Å². The van der Waals surface area contributed by atoms with E-state index < -0.39 is 0 Å². The Balaban J connectivity index is 1.70. The molecular weight excluding hydrogens is 330 g/mol. The van der Waals surface area contributed by atoms with Crippen LogP contribution in [0.1, 0.15) is 5.56 Å². The van der Waals surface area contributed by atoms with Gasteiger partial charge in [-0.25, -0.2) is 15.0 Å². The van der Waals surface area contributed by atoms with Gasteiger partial charge in [-0.2, -0.15) is 0 Å². The number of imidazole rings is 1. The van der Waals surface area contributed by atoms with Gasteiger partial charge in [-0.3, -0.25) is 0 Å². The minimum Gasteiger partial charge on any atom is -0.397 e. The molecule has 0 aliphatic heterocycles. The van der Waals surface area contributed by atoms with Gasteiger partial charge in [0.15, 0.2) is 0 Å². The Bertz CT molecular complexity index is 1090. The maximum Gasteiger partial charge on any atom is 0.227 e. The fourth-order valence-corrected chi connectivity index (χ4v) is 2.96. The van der Waals surface area contributed by atoms with Crippen LogP contribution in [0.2, 0.25) is 0 Å². The smallest absolute Gasteiger partial charge is 0.227 e. The van der Waals surface area contributed by atoms with Crippen LogP contribution in [0, 0.1) is 6.92 Å².